The molecular weight excluding hydrogens is 539 g/mol. The van der Waals surface area contributed by atoms with Crippen LogP contribution in [0.3, 0.4) is 0 Å². The first-order valence-electron chi connectivity index (χ1n) is 11.0. The normalized spacial score (nSPS) is 14.3. The number of methoxy groups -OCH3 is 1. The van der Waals surface area contributed by atoms with Crippen LogP contribution in [0.1, 0.15) is 5.56 Å². The van der Waals surface area contributed by atoms with Gasteiger partial charge in [-0.25, -0.2) is 4.79 Å². The maximum atomic E-state index is 13.6. The van der Waals surface area contributed by atoms with Crippen LogP contribution in [0, 0.1) is 3.57 Å². The number of benzene rings is 1. The largest absolute Gasteiger partial charge is 0.382 e. The van der Waals surface area contributed by atoms with Crippen LogP contribution < -0.4 is 21.5 Å². The van der Waals surface area contributed by atoms with Gasteiger partial charge in [0.05, 0.1) is 32.9 Å². The maximum absolute atomic E-state index is 13.6. The number of aromatic nitrogens is 4. The summed E-state index contributed by atoms with van der Waals surface area (Å²) in [7, 11) is 3.26. The van der Waals surface area contributed by atoms with Gasteiger partial charge in [-0.3, -0.25) is 18.5 Å². The van der Waals surface area contributed by atoms with Crippen LogP contribution in [0.2, 0.25) is 0 Å². The van der Waals surface area contributed by atoms with Crippen LogP contribution in [0.4, 0.5) is 5.95 Å². The van der Waals surface area contributed by atoms with Crippen molar-refractivity contribution in [2.45, 2.75) is 13.1 Å². The van der Waals surface area contributed by atoms with Gasteiger partial charge < -0.3 is 19.7 Å². The number of fused-ring (bicyclic) bond motifs is 1. The second-order valence-electron chi connectivity index (χ2n) is 7.90. The van der Waals surface area contributed by atoms with Crippen molar-refractivity contribution < 1.29 is 9.47 Å². The van der Waals surface area contributed by atoms with E-state index >= 15 is 0 Å². The zero-order valence-corrected chi connectivity index (χ0v) is 21.1. The van der Waals surface area contributed by atoms with Crippen LogP contribution in [0.25, 0.3) is 11.2 Å². The smallest absolute Gasteiger partial charge is 0.332 e. The molecule has 1 fully saturated rings. The Hall–Kier alpha value is -2.22. The van der Waals surface area contributed by atoms with Crippen LogP contribution in [-0.2, 0) is 29.6 Å². The van der Waals surface area contributed by atoms with Crippen molar-refractivity contribution in [2.24, 2.45) is 7.05 Å². The van der Waals surface area contributed by atoms with Gasteiger partial charge in [-0.15, -0.1) is 0 Å². The molecule has 0 spiro atoms. The third-order valence-corrected chi connectivity index (χ3v) is 6.84. The molecule has 1 aromatic carbocycles. The highest BCUT2D eigenvalue weighted by Crippen LogP contribution is 2.23. The molecule has 1 aliphatic rings. The lowest BCUT2D eigenvalue weighted by Gasteiger charge is -2.28. The minimum Gasteiger partial charge on any atom is -0.382 e. The van der Waals surface area contributed by atoms with Gasteiger partial charge in [-0.2, -0.15) is 4.98 Å². The van der Waals surface area contributed by atoms with Gasteiger partial charge in [-0.05, 0) is 34.2 Å². The maximum Gasteiger partial charge on any atom is 0.332 e. The SMILES string of the molecule is COCCOCCn1c(=O)c2c(nc(N3CCNCC3)n2Cc2ccccc2I)n(C)c1=O. The molecule has 1 saturated heterocycles. The lowest BCUT2D eigenvalue weighted by Crippen LogP contribution is -2.44. The predicted molar refractivity (Wildman–Crippen MR) is 135 cm³/mol. The van der Waals surface area contributed by atoms with E-state index in [2.05, 4.69) is 38.9 Å². The molecule has 0 radical (unpaired) electrons. The van der Waals surface area contributed by atoms with Crippen molar-refractivity contribution >= 4 is 39.7 Å². The van der Waals surface area contributed by atoms with E-state index in [9.17, 15) is 9.59 Å². The number of nitrogens with zero attached hydrogens (tertiary/aromatic N) is 5. The van der Waals surface area contributed by atoms with E-state index in [1.54, 1.807) is 14.2 Å². The highest BCUT2D eigenvalue weighted by atomic mass is 127. The third-order valence-electron chi connectivity index (χ3n) is 5.79. The van der Waals surface area contributed by atoms with Gasteiger partial charge >= 0.3 is 5.69 Å². The molecule has 33 heavy (non-hydrogen) atoms. The first-order chi connectivity index (χ1) is 16.0. The van der Waals surface area contributed by atoms with Crippen LogP contribution in [-0.4, -0.2) is 71.8 Å². The van der Waals surface area contributed by atoms with Crippen molar-refractivity contribution in [3.05, 3.63) is 54.2 Å². The second kappa shape index (κ2) is 10.8. The average Bonchev–Trinajstić information content (AvgIpc) is 3.21. The van der Waals surface area contributed by atoms with Crippen LogP contribution in [0.15, 0.2) is 33.9 Å². The van der Waals surface area contributed by atoms with E-state index in [0.717, 1.165) is 35.3 Å². The summed E-state index contributed by atoms with van der Waals surface area (Å²) in [5.74, 6) is 0.715. The van der Waals surface area contributed by atoms with Gasteiger partial charge in [0.25, 0.3) is 5.56 Å². The number of hydrogen-bond acceptors (Lipinski definition) is 7. The molecule has 3 heterocycles. The Morgan fingerprint density at radius 2 is 1.85 bits per heavy atom. The average molecular weight is 568 g/mol. The Morgan fingerprint density at radius 3 is 2.58 bits per heavy atom. The minimum atomic E-state index is -0.395. The summed E-state index contributed by atoms with van der Waals surface area (Å²) in [4.78, 5) is 33.6. The number of imidazole rings is 1. The fourth-order valence-electron chi connectivity index (χ4n) is 4.01. The fraction of sp³-hybridized carbons (Fsp3) is 0.500. The highest BCUT2D eigenvalue weighted by molar-refractivity contribution is 14.1. The molecule has 3 aromatic rings. The van der Waals surface area contributed by atoms with Crippen molar-refractivity contribution in [3.63, 3.8) is 0 Å². The lowest BCUT2D eigenvalue weighted by atomic mass is 10.2. The zero-order chi connectivity index (χ0) is 23.4. The predicted octanol–water partition coefficient (Wildman–Crippen LogP) is 0.622. The Labute approximate surface area is 205 Å². The van der Waals surface area contributed by atoms with Gasteiger partial charge in [-0.1, -0.05) is 18.2 Å². The molecule has 1 N–H and O–H groups in total. The summed E-state index contributed by atoms with van der Waals surface area (Å²) in [6.07, 6.45) is 0. The van der Waals surface area contributed by atoms with Crippen molar-refractivity contribution in [1.82, 2.24) is 24.0 Å². The molecule has 0 amide bonds. The Bertz CT molecular complexity index is 1230. The highest BCUT2D eigenvalue weighted by Gasteiger charge is 2.24. The van der Waals surface area contributed by atoms with E-state index in [1.807, 2.05) is 22.8 Å². The number of anilines is 1. The molecule has 0 saturated carbocycles. The molecule has 11 heteroatoms. The number of rotatable bonds is 9. The van der Waals surface area contributed by atoms with E-state index in [-0.39, 0.29) is 18.7 Å². The number of piperazine rings is 1. The van der Waals surface area contributed by atoms with Crippen molar-refractivity contribution in [2.75, 3.05) is 58.0 Å². The molecule has 0 unspecified atom stereocenters. The monoisotopic (exact) mass is 568 g/mol. The molecule has 178 valence electrons. The van der Waals surface area contributed by atoms with Crippen molar-refractivity contribution in [3.8, 4) is 0 Å². The van der Waals surface area contributed by atoms with Crippen LogP contribution in [0.5, 0.6) is 0 Å². The summed E-state index contributed by atoms with van der Waals surface area (Å²) in [6.45, 7) is 5.03. The topological polar surface area (TPSA) is 95.6 Å². The number of nitrogens with one attached hydrogen (secondary N) is 1. The van der Waals surface area contributed by atoms with E-state index in [0.29, 0.717) is 36.9 Å². The molecule has 0 aliphatic carbocycles. The zero-order valence-electron chi connectivity index (χ0n) is 18.9. The molecule has 2 aromatic heterocycles. The number of halogens is 1. The van der Waals surface area contributed by atoms with Gasteiger partial charge in [0.15, 0.2) is 11.2 Å². The standard InChI is InChI=1S/C22H29IN6O4/c1-26-19-18(20(30)28(22(26)31)11-12-33-14-13-32-2)29(15-16-5-3-4-6-17(16)23)21(25-19)27-9-7-24-8-10-27/h3-6,24H,7-15H2,1-2H3. The first kappa shape index (κ1) is 23.9. The molecular formula is C22H29IN6O4. The Kier molecular flexibility index (Phi) is 7.83. The minimum absolute atomic E-state index is 0.169. The second-order valence-corrected chi connectivity index (χ2v) is 9.06. The lowest BCUT2D eigenvalue weighted by molar-refractivity contribution is 0.0658. The number of hydrogen-bond donors (Lipinski definition) is 1. The van der Waals surface area contributed by atoms with E-state index in [1.165, 1.54) is 9.13 Å². The summed E-state index contributed by atoms with van der Waals surface area (Å²) in [5.41, 5.74) is 1.19. The summed E-state index contributed by atoms with van der Waals surface area (Å²) >= 11 is 2.31. The van der Waals surface area contributed by atoms with Crippen molar-refractivity contribution in [1.29, 1.82) is 0 Å². The Balaban J connectivity index is 1.83. The summed E-state index contributed by atoms with van der Waals surface area (Å²) in [6, 6.07) is 8.09. The van der Waals surface area contributed by atoms with Gasteiger partial charge in [0.1, 0.15) is 0 Å². The summed E-state index contributed by atoms with van der Waals surface area (Å²) in [5, 5.41) is 3.35. The molecule has 1 aliphatic heterocycles. The van der Waals surface area contributed by atoms with Gasteiger partial charge in [0.2, 0.25) is 5.95 Å². The fourth-order valence-corrected chi connectivity index (χ4v) is 4.57. The van der Waals surface area contributed by atoms with Gasteiger partial charge in [0, 0.05) is 43.9 Å². The first-order valence-corrected chi connectivity index (χ1v) is 12.1. The molecule has 4 rings (SSSR count). The summed E-state index contributed by atoms with van der Waals surface area (Å²) < 4.78 is 16.3. The molecule has 0 bridgehead atoms. The number of aryl methyl sites for hydroxylation is 1. The quantitative estimate of drug-likeness (QED) is 0.299. The third kappa shape index (κ3) is 5.00. The van der Waals surface area contributed by atoms with E-state index < -0.39 is 5.69 Å². The number of ether oxygens (including phenoxy) is 2. The van der Waals surface area contributed by atoms with Crippen LogP contribution >= 0.6 is 22.6 Å². The van der Waals surface area contributed by atoms with E-state index in [4.69, 9.17) is 14.5 Å². The molecule has 10 nitrogen and oxygen atoms in total. The molecule has 0 atom stereocenters. The Morgan fingerprint density at radius 1 is 1.09 bits per heavy atom.